The summed E-state index contributed by atoms with van der Waals surface area (Å²) in [6, 6.07) is 8.53. The molecule has 9 heteroatoms. The van der Waals surface area contributed by atoms with Crippen molar-refractivity contribution in [2.24, 2.45) is 0 Å². The zero-order valence-corrected chi connectivity index (χ0v) is 22.3. The third kappa shape index (κ3) is 7.07. The van der Waals surface area contributed by atoms with Crippen LogP contribution in [0.5, 0.6) is 0 Å². The number of aryl methyl sites for hydroxylation is 1. The number of anilines is 1. The van der Waals surface area contributed by atoms with Crippen LogP contribution in [0.1, 0.15) is 64.1 Å². The molecule has 4 rings (SSSR count). The number of carbonyl (C=O) groups is 1. The van der Waals surface area contributed by atoms with E-state index in [0.29, 0.717) is 24.7 Å². The monoisotopic (exact) mass is 505 g/mol. The molecule has 1 aliphatic heterocycles. The number of benzene rings is 1. The molecule has 1 unspecified atom stereocenters. The smallest absolute Gasteiger partial charge is 0.318 e. The number of hydrogen-bond donors (Lipinski definition) is 4. The Kier molecular flexibility index (Phi) is 8.76. The quantitative estimate of drug-likeness (QED) is 0.292. The molecular formula is C28H39N7O2. The maximum Gasteiger partial charge on any atom is 0.318 e. The van der Waals surface area contributed by atoms with Gasteiger partial charge < -0.3 is 31.0 Å². The molecule has 37 heavy (non-hydrogen) atoms. The van der Waals surface area contributed by atoms with Crippen molar-refractivity contribution in [1.82, 2.24) is 25.5 Å². The SMILES string of the molecule is CC(C)N/C=C(\C=N)Nc1nccc(-c2ccc3c(c2)CCCCC3NC(=O)N2CC(OC(C)C)C2)n1. The maximum atomic E-state index is 12.9. The number of nitrogens with zero attached hydrogens (tertiary/aromatic N) is 3. The standard InChI is InChI=1S/C28H39N7O2/c1-18(2)31-15-22(14-29)32-27-30-12-11-25(33-27)21-9-10-24-20(13-21)7-5-6-8-26(24)34-28(36)35-16-23(17-35)37-19(3)4/h9-15,18-19,23,26,29,31H,5-8,16-17H2,1-4H3,(H,34,36)(H,30,32,33)/b22-15+,29-14?. The summed E-state index contributed by atoms with van der Waals surface area (Å²) in [4.78, 5) is 23.7. The molecule has 2 heterocycles. The number of carbonyl (C=O) groups excluding carboxylic acids is 1. The Morgan fingerprint density at radius 2 is 2.00 bits per heavy atom. The van der Waals surface area contributed by atoms with E-state index in [1.54, 1.807) is 12.4 Å². The molecule has 1 aliphatic carbocycles. The van der Waals surface area contributed by atoms with Crippen LogP contribution in [-0.2, 0) is 11.2 Å². The molecule has 1 aromatic carbocycles. The number of rotatable bonds is 9. The summed E-state index contributed by atoms with van der Waals surface area (Å²) in [6.45, 7) is 9.41. The van der Waals surface area contributed by atoms with Gasteiger partial charge in [-0.15, -0.1) is 0 Å². The molecule has 9 nitrogen and oxygen atoms in total. The van der Waals surface area contributed by atoms with Crippen LogP contribution in [0.3, 0.4) is 0 Å². The lowest BCUT2D eigenvalue weighted by atomic mass is 9.95. The molecule has 0 radical (unpaired) electrons. The fourth-order valence-corrected chi connectivity index (χ4v) is 4.69. The lowest BCUT2D eigenvalue weighted by molar-refractivity contribution is -0.0644. The molecule has 1 saturated heterocycles. The normalized spacial score (nSPS) is 18.2. The highest BCUT2D eigenvalue weighted by Crippen LogP contribution is 2.32. The van der Waals surface area contributed by atoms with Crippen molar-refractivity contribution in [2.75, 3.05) is 18.4 Å². The van der Waals surface area contributed by atoms with E-state index in [2.05, 4.69) is 44.1 Å². The number of aromatic nitrogens is 2. The fourth-order valence-electron chi connectivity index (χ4n) is 4.69. The molecule has 4 N–H and O–H groups in total. The summed E-state index contributed by atoms with van der Waals surface area (Å²) in [7, 11) is 0. The molecule has 0 spiro atoms. The van der Waals surface area contributed by atoms with Crippen LogP contribution >= 0.6 is 0 Å². The average Bonchev–Trinajstić information content (AvgIpc) is 3.05. The topological polar surface area (TPSA) is 115 Å². The zero-order valence-electron chi connectivity index (χ0n) is 22.3. The summed E-state index contributed by atoms with van der Waals surface area (Å²) in [6.07, 6.45) is 9.09. The number of fused-ring (bicyclic) bond motifs is 1. The van der Waals surface area contributed by atoms with E-state index in [9.17, 15) is 4.79 Å². The van der Waals surface area contributed by atoms with E-state index in [1.807, 2.05) is 38.7 Å². The number of urea groups is 1. The van der Waals surface area contributed by atoms with E-state index >= 15 is 0 Å². The van der Waals surface area contributed by atoms with Crippen LogP contribution in [0.4, 0.5) is 10.7 Å². The number of nitrogens with one attached hydrogen (secondary N) is 4. The van der Waals surface area contributed by atoms with Crippen LogP contribution in [0.25, 0.3) is 11.3 Å². The van der Waals surface area contributed by atoms with Gasteiger partial charge in [0.15, 0.2) is 0 Å². The van der Waals surface area contributed by atoms with E-state index < -0.39 is 0 Å². The highest BCUT2D eigenvalue weighted by atomic mass is 16.5. The number of ether oxygens (including phenoxy) is 1. The van der Waals surface area contributed by atoms with Gasteiger partial charge in [0.05, 0.1) is 42.7 Å². The molecule has 0 saturated carbocycles. The van der Waals surface area contributed by atoms with E-state index in [0.717, 1.165) is 36.9 Å². The first-order valence-electron chi connectivity index (χ1n) is 13.2. The second kappa shape index (κ2) is 12.2. The second-order valence-electron chi connectivity index (χ2n) is 10.3. The van der Waals surface area contributed by atoms with Crippen molar-refractivity contribution in [2.45, 2.75) is 77.7 Å². The maximum absolute atomic E-state index is 12.9. The van der Waals surface area contributed by atoms with Gasteiger partial charge in [-0.3, -0.25) is 0 Å². The van der Waals surface area contributed by atoms with Crippen molar-refractivity contribution in [3.05, 3.63) is 53.5 Å². The Bertz CT molecular complexity index is 1130. The van der Waals surface area contributed by atoms with Gasteiger partial charge in [-0.2, -0.15) is 0 Å². The first-order chi connectivity index (χ1) is 17.8. The predicted octanol–water partition coefficient (Wildman–Crippen LogP) is 4.63. The summed E-state index contributed by atoms with van der Waals surface area (Å²) in [5.74, 6) is 0.437. The Labute approximate surface area is 219 Å². The average molecular weight is 506 g/mol. The third-order valence-corrected chi connectivity index (χ3v) is 6.54. The molecule has 2 amide bonds. The highest BCUT2D eigenvalue weighted by Gasteiger charge is 2.33. The predicted molar refractivity (Wildman–Crippen MR) is 147 cm³/mol. The van der Waals surface area contributed by atoms with Gasteiger partial charge in [-0.25, -0.2) is 14.8 Å². The van der Waals surface area contributed by atoms with Gasteiger partial charge in [0.25, 0.3) is 0 Å². The van der Waals surface area contributed by atoms with Gasteiger partial charge in [0.2, 0.25) is 5.95 Å². The lowest BCUT2D eigenvalue weighted by Gasteiger charge is -2.40. The molecule has 1 aromatic heterocycles. The minimum Gasteiger partial charge on any atom is -0.387 e. The number of hydrogen-bond acceptors (Lipinski definition) is 7. The van der Waals surface area contributed by atoms with E-state index in [1.165, 1.54) is 17.3 Å². The van der Waals surface area contributed by atoms with E-state index in [4.69, 9.17) is 10.1 Å². The molecular weight excluding hydrogens is 466 g/mol. The second-order valence-corrected chi connectivity index (χ2v) is 10.3. The van der Waals surface area contributed by atoms with Crippen molar-refractivity contribution >= 4 is 18.2 Å². The van der Waals surface area contributed by atoms with E-state index in [-0.39, 0.29) is 30.3 Å². The first kappa shape index (κ1) is 26.6. The van der Waals surface area contributed by atoms with Crippen molar-refractivity contribution < 1.29 is 9.53 Å². The van der Waals surface area contributed by atoms with Crippen molar-refractivity contribution in [1.29, 1.82) is 5.41 Å². The van der Waals surface area contributed by atoms with Crippen LogP contribution < -0.4 is 16.0 Å². The Morgan fingerprint density at radius 3 is 2.73 bits per heavy atom. The molecule has 2 aromatic rings. The first-order valence-corrected chi connectivity index (χ1v) is 13.2. The molecule has 198 valence electrons. The van der Waals surface area contributed by atoms with Gasteiger partial charge >= 0.3 is 6.03 Å². The van der Waals surface area contributed by atoms with Gasteiger partial charge in [0.1, 0.15) is 0 Å². The zero-order chi connectivity index (χ0) is 26.4. The van der Waals surface area contributed by atoms with Crippen molar-refractivity contribution in [3.8, 4) is 11.3 Å². The fraction of sp³-hybridized carbons (Fsp3) is 0.500. The lowest BCUT2D eigenvalue weighted by Crippen LogP contribution is -2.58. The molecule has 0 bridgehead atoms. The van der Waals surface area contributed by atoms with Crippen LogP contribution in [0.15, 0.2) is 42.4 Å². The highest BCUT2D eigenvalue weighted by molar-refractivity contribution is 5.79. The van der Waals surface area contributed by atoms with Crippen LogP contribution in [0, 0.1) is 5.41 Å². The largest absolute Gasteiger partial charge is 0.387 e. The van der Waals surface area contributed by atoms with Crippen LogP contribution in [-0.4, -0.2) is 58.5 Å². The summed E-state index contributed by atoms with van der Waals surface area (Å²) < 4.78 is 5.79. The minimum absolute atomic E-state index is 0.000452. The van der Waals surface area contributed by atoms with Gasteiger partial charge in [-0.1, -0.05) is 18.6 Å². The summed E-state index contributed by atoms with van der Waals surface area (Å²) in [5.41, 5.74) is 4.83. The van der Waals surface area contributed by atoms with Gasteiger partial charge in [-0.05, 0) is 70.2 Å². The molecule has 1 fully saturated rings. The number of allylic oxidation sites excluding steroid dienone is 1. The summed E-state index contributed by atoms with van der Waals surface area (Å²) in [5, 5.41) is 17.2. The third-order valence-electron chi connectivity index (χ3n) is 6.54. The summed E-state index contributed by atoms with van der Waals surface area (Å²) >= 11 is 0. The Hall–Kier alpha value is -3.46. The minimum atomic E-state index is -0.0148. The Morgan fingerprint density at radius 1 is 1.19 bits per heavy atom. The Balaban J connectivity index is 1.46. The van der Waals surface area contributed by atoms with Crippen molar-refractivity contribution in [3.63, 3.8) is 0 Å². The molecule has 2 aliphatic rings. The van der Waals surface area contributed by atoms with Crippen LogP contribution in [0.2, 0.25) is 0 Å². The molecule has 1 atom stereocenters. The number of amides is 2. The van der Waals surface area contributed by atoms with Gasteiger partial charge in [0, 0.05) is 30.2 Å². The number of likely N-dealkylation sites (tertiary alicyclic amines) is 1.